The molecule has 2 unspecified atom stereocenters. The zero-order valence-corrected chi connectivity index (χ0v) is 13.7. The zero-order chi connectivity index (χ0) is 15.6. The first-order valence-corrected chi connectivity index (χ1v) is 8.97. The fourth-order valence-corrected chi connectivity index (χ4v) is 4.07. The standard InChI is InChI=1S/C18H20N2O2S/c21-18-11-22-17-5-7-20(10-16(17)19-18)9-13-1-3-14(4-2-13)15-6-8-23-12-15/h1-4,6,8,12,16-17H,5,7,9-11H2,(H,19,21). The minimum atomic E-state index is 0.00761. The molecule has 2 aliphatic rings. The molecule has 0 aliphatic carbocycles. The van der Waals surface area contributed by atoms with Crippen molar-refractivity contribution in [1.82, 2.24) is 10.2 Å². The molecule has 3 heterocycles. The van der Waals surface area contributed by atoms with Crippen LogP contribution >= 0.6 is 11.3 Å². The van der Waals surface area contributed by atoms with Gasteiger partial charge in [0.2, 0.25) is 5.91 Å². The lowest BCUT2D eigenvalue weighted by atomic mass is 9.99. The van der Waals surface area contributed by atoms with Gasteiger partial charge in [0, 0.05) is 19.6 Å². The summed E-state index contributed by atoms with van der Waals surface area (Å²) in [5, 5.41) is 7.33. The highest BCUT2D eigenvalue weighted by molar-refractivity contribution is 7.08. The molecule has 0 spiro atoms. The number of fused-ring (bicyclic) bond motifs is 1. The van der Waals surface area contributed by atoms with E-state index in [1.807, 2.05) is 0 Å². The second kappa shape index (κ2) is 6.43. The smallest absolute Gasteiger partial charge is 0.246 e. The van der Waals surface area contributed by atoms with Crippen LogP contribution in [-0.2, 0) is 16.1 Å². The number of likely N-dealkylation sites (tertiary alicyclic amines) is 1. The summed E-state index contributed by atoms with van der Waals surface area (Å²) in [4.78, 5) is 13.9. The number of hydrogen-bond acceptors (Lipinski definition) is 4. The van der Waals surface area contributed by atoms with Crippen LogP contribution in [0.25, 0.3) is 11.1 Å². The number of morpholine rings is 1. The summed E-state index contributed by atoms with van der Waals surface area (Å²) in [5.74, 6) is 0.00761. The van der Waals surface area contributed by atoms with Crippen molar-refractivity contribution < 1.29 is 9.53 Å². The number of amides is 1. The van der Waals surface area contributed by atoms with Crippen LogP contribution in [0.2, 0.25) is 0 Å². The van der Waals surface area contributed by atoms with E-state index in [1.54, 1.807) is 11.3 Å². The van der Waals surface area contributed by atoms with Crippen LogP contribution < -0.4 is 5.32 Å². The maximum atomic E-state index is 11.5. The van der Waals surface area contributed by atoms with E-state index in [4.69, 9.17) is 4.74 Å². The average molecular weight is 328 g/mol. The van der Waals surface area contributed by atoms with E-state index < -0.39 is 0 Å². The van der Waals surface area contributed by atoms with Crippen LogP contribution in [0.5, 0.6) is 0 Å². The van der Waals surface area contributed by atoms with Gasteiger partial charge in [-0.1, -0.05) is 24.3 Å². The Morgan fingerprint density at radius 3 is 2.87 bits per heavy atom. The van der Waals surface area contributed by atoms with Crippen molar-refractivity contribution in [2.24, 2.45) is 0 Å². The van der Waals surface area contributed by atoms with Gasteiger partial charge in [-0.2, -0.15) is 11.3 Å². The van der Waals surface area contributed by atoms with Crippen LogP contribution in [0.1, 0.15) is 12.0 Å². The molecule has 2 atom stereocenters. The molecule has 0 radical (unpaired) electrons. The predicted octanol–water partition coefficient (Wildman–Crippen LogP) is 2.50. The monoisotopic (exact) mass is 328 g/mol. The van der Waals surface area contributed by atoms with Gasteiger partial charge in [0.1, 0.15) is 6.61 Å². The summed E-state index contributed by atoms with van der Waals surface area (Å²) < 4.78 is 5.61. The number of benzene rings is 1. The topological polar surface area (TPSA) is 41.6 Å². The molecule has 2 saturated heterocycles. The Balaban J connectivity index is 1.39. The van der Waals surface area contributed by atoms with Crippen LogP contribution in [0.15, 0.2) is 41.1 Å². The van der Waals surface area contributed by atoms with E-state index in [0.29, 0.717) is 0 Å². The van der Waals surface area contributed by atoms with Crippen molar-refractivity contribution >= 4 is 17.2 Å². The molecule has 5 heteroatoms. The van der Waals surface area contributed by atoms with Crippen molar-refractivity contribution in [1.29, 1.82) is 0 Å². The van der Waals surface area contributed by atoms with Crippen LogP contribution in [-0.4, -0.2) is 42.6 Å². The van der Waals surface area contributed by atoms with Crippen LogP contribution in [0.4, 0.5) is 0 Å². The third-order valence-electron chi connectivity index (χ3n) is 4.62. The summed E-state index contributed by atoms with van der Waals surface area (Å²) >= 11 is 1.72. The molecule has 0 saturated carbocycles. The summed E-state index contributed by atoms with van der Waals surface area (Å²) in [6, 6.07) is 11.1. The Morgan fingerprint density at radius 1 is 1.22 bits per heavy atom. The van der Waals surface area contributed by atoms with Crippen LogP contribution in [0.3, 0.4) is 0 Å². The predicted molar refractivity (Wildman–Crippen MR) is 91.3 cm³/mol. The summed E-state index contributed by atoms with van der Waals surface area (Å²) in [7, 11) is 0. The highest BCUT2D eigenvalue weighted by Crippen LogP contribution is 2.24. The van der Waals surface area contributed by atoms with Gasteiger partial charge in [-0.3, -0.25) is 9.69 Å². The first-order chi connectivity index (χ1) is 11.3. The van der Waals surface area contributed by atoms with E-state index in [2.05, 4.69) is 51.3 Å². The molecule has 1 aromatic heterocycles. The highest BCUT2D eigenvalue weighted by Gasteiger charge is 2.34. The van der Waals surface area contributed by atoms with Gasteiger partial charge in [0.25, 0.3) is 0 Å². The van der Waals surface area contributed by atoms with Gasteiger partial charge >= 0.3 is 0 Å². The number of nitrogens with one attached hydrogen (secondary N) is 1. The summed E-state index contributed by atoms with van der Waals surface area (Å²) in [5.41, 5.74) is 3.86. The van der Waals surface area contributed by atoms with Crippen molar-refractivity contribution in [3.63, 3.8) is 0 Å². The van der Waals surface area contributed by atoms with E-state index in [0.717, 1.165) is 26.1 Å². The normalized spacial score (nSPS) is 25.0. The van der Waals surface area contributed by atoms with Crippen molar-refractivity contribution in [3.05, 3.63) is 46.7 Å². The maximum Gasteiger partial charge on any atom is 0.246 e. The first-order valence-electron chi connectivity index (χ1n) is 8.03. The number of hydrogen-bond donors (Lipinski definition) is 1. The highest BCUT2D eigenvalue weighted by atomic mass is 32.1. The molecule has 4 nitrogen and oxygen atoms in total. The third-order valence-corrected chi connectivity index (χ3v) is 5.31. The number of piperidine rings is 1. The van der Waals surface area contributed by atoms with Gasteiger partial charge in [-0.15, -0.1) is 0 Å². The fourth-order valence-electron chi connectivity index (χ4n) is 3.40. The number of thiophene rings is 1. The Hall–Kier alpha value is -1.69. The molecule has 23 heavy (non-hydrogen) atoms. The van der Waals surface area contributed by atoms with Gasteiger partial charge in [-0.05, 0) is 39.9 Å². The lowest BCUT2D eigenvalue weighted by Crippen LogP contribution is -2.60. The molecule has 1 N–H and O–H groups in total. The molecule has 2 fully saturated rings. The number of ether oxygens (including phenoxy) is 1. The largest absolute Gasteiger partial charge is 0.366 e. The Bertz CT molecular complexity index is 669. The summed E-state index contributed by atoms with van der Waals surface area (Å²) in [6.07, 6.45) is 1.17. The molecule has 120 valence electrons. The van der Waals surface area contributed by atoms with Crippen molar-refractivity contribution in [3.8, 4) is 11.1 Å². The number of carbonyl (C=O) groups is 1. The van der Waals surface area contributed by atoms with Crippen molar-refractivity contribution in [2.45, 2.75) is 25.1 Å². The number of rotatable bonds is 3. The van der Waals surface area contributed by atoms with Crippen LogP contribution in [0, 0.1) is 0 Å². The summed E-state index contributed by atoms with van der Waals surface area (Å²) in [6.45, 7) is 3.01. The molecule has 4 rings (SSSR count). The van der Waals surface area contributed by atoms with Gasteiger partial charge in [0.15, 0.2) is 0 Å². The van der Waals surface area contributed by atoms with Gasteiger partial charge in [0.05, 0.1) is 12.1 Å². The number of carbonyl (C=O) groups excluding carboxylic acids is 1. The Labute approximate surface area is 140 Å². The molecular formula is C18H20N2O2S. The third kappa shape index (κ3) is 3.32. The molecule has 1 aromatic carbocycles. The lowest BCUT2D eigenvalue weighted by Gasteiger charge is -2.41. The van der Waals surface area contributed by atoms with E-state index in [1.165, 1.54) is 16.7 Å². The SMILES string of the molecule is O=C1COC2CCN(Cc3ccc(-c4ccsc4)cc3)CC2N1. The quantitative estimate of drug-likeness (QED) is 0.941. The second-order valence-corrected chi connectivity index (χ2v) is 7.04. The minimum absolute atomic E-state index is 0.00761. The van der Waals surface area contributed by atoms with Crippen molar-refractivity contribution in [2.75, 3.05) is 19.7 Å². The first kappa shape index (κ1) is 14.9. The fraction of sp³-hybridized carbons (Fsp3) is 0.389. The Morgan fingerprint density at radius 2 is 2.09 bits per heavy atom. The van der Waals surface area contributed by atoms with E-state index >= 15 is 0 Å². The molecule has 2 aliphatic heterocycles. The molecule has 2 aromatic rings. The van der Waals surface area contributed by atoms with Gasteiger partial charge < -0.3 is 10.1 Å². The zero-order valence-electron chi connectivity index (χ0n) is 12.9. The average Bonchev–Trinajstić information content (AvgIpc) is 3.10. The molecular weight excluding hydrogens is 308 g/mol. The molecule has 1 amide bonds. The second-order valence-electron chi connectivity index (χ2n) is 6.26. The maximum absolute atomic E-state index is 11.5. The van der Waals surface area contributed by atoms with Gasteiger partial charge in [-0.25, -0.2) is 0 Å². The lowest BCUT2D eigenvalue weighted by molar-refractivity contribution is -0.140. The molecule has 0 bridgehead atoms. The number of nitrogens with zero attached hydrogens (tertiary/aromatic N) is 1. The minimum Gasteiger partial charge on any atom is -0.366 e. The van der Waals surface area contributed by atoms with E-state index in [9.17, 15) is 4.79 Å². The van der Waals surface area contributed by atoms with E-state index in [-0.39, 0.29) is 24.7 Å². The Kier molecular flexibility index (Phi) is 4.16.